The first kappa shape index (κ1) is 28.9. The number of carbonyl (C=O) groups excluding carboxylic acids is 1. The van der Waals surface area contributed by atoms with Gasteiger partial charge >= 0.3 is 5.69 Å². The lowest BCUT2D eigenvalue weighted by Gasteiger charge is -2.40. The molecule has 43 heavy (non-hydrogen) atoms. The van der Waals surface area contributed by atoms with E-state index in [-0.39, 0.29) is 56.0 Å². The van der Waals surface area contributed by atoms with E-state index < -0.39 is 26.6 Å². The summed E-state index contributed by atoms with van der Waals surface area (Å²) >= 11 is 6.73. The molecule has 0 unspecified atom stereocenters. The molecule has 0 spiro atoms. The van der Waals surface area contributed by atoms with Crippen molar-refractivity contribution in [1.29, 1.82) is 0 Å². The summed E-state index contributed by atoms with van der Waals surface area (Å²) in [6.07, 6.45) is 3.71. The molecule has 2 fully saturated rings. The maximum atomic E-state index is 15.0. The van der Waals surface area contributed by atoms with Crippen LogP contribution in [0.2, 0.25) is 5.02 Å². The van der Waals surface area contributed by atoms with Crippen LogP contribution in [0, 0.1) is 12.7 Å². The molecule has 6 rings (SSSR count). The largest absolute Gasteiger partial charge is 0.355 e. The maximum Gasteiger partial charge on any atom is 0.355 e. The zero-order valence-electron chi connectivity index (χ0n) is 23.5. The van der Waals surface area contributed by atoms with Crippen LogP contribution in [0.25, 0.3) is 28.0 Å². The summed E-state index contributed by atoms with van der Waals surface area (Å²) in [6.45, 7) is 8.15. The van der Waals surface area contributed by atoms with Gasteiger partial charge in [-0.2, -0.15) is 4.98 Å². The topological polar surface area (TPSA) is 118 Å². The molecule has 1 aliphatic heterocycles. The molecular formula is C30H28ClFN6O4S. The Hall–Kier alpha value is -4.16. The minimum absolute atomic E-state index is 0.0467. The Bertz CT molecular complexity index is 1980. The van der Waals surface area contributed by atoms with E-state index in [0.29, 0.717) is 37.9 Å². The van der Waals surface area contributed by atoms with Crippen LogP contribution in [0.3, 0.4) is 0 Å². The van der Waals surface area contributed by atoms with Crippen LogP contribution in [0.5, 0.6) is 0 Å². The summed E-state index contributed by atoms with van der Waals surface area (Å²) in [6, 6.07) is 8.68. The van der Waals surface area contributed by atoms with Crippen LogP contribution < -0.4 is 10.6 Å². The van der Waals surface area contributed by atoms with E-state index in [1.165, 1.54) is 36.5 Å². The SMILES string of the molecule is C=CC(=O)N1CCN(c2nc(=O)n(-c3c(S(=O)(=O)C4CC4)ccnc3C)c3nc(-c4ccccc4F)c(Cl)cc23)[C@@H](C)C1. The van der Waals surface area contributed by atoms with Gasteiger partial charge < -0.3 is 9.80 Å². The molecule has 1 saturated carbocycles. The molecule has 0 N–H and O–H groups in total. The number of anilines is 1. The molecular weight excluding hydrogens is 595 g/mol. The average Bonchev–Trinajstić information content (AvgIpc) is 3.84. The van der Waals surface area contributed by atoms with Gasteiger partial charge in [0.25, 0.3) is 0 Å². The Morgan fingerprint density at radius 3 is 2.58 bits per heavy atom. The number of pyridine rings is 2. The highest BCUT2D eigenvalue weighted by Gasteiger charge is 2.39. The number of carbonyl (C=O) groups is 1. The fourth-order valence-electron chi connectivity index (χ4n) is 5.56. The van der Waals surface area contributed by atoms with Gasteiger partial charge in [-0.25, -0.2) is 27.2 Å². The van der Waals surface area contributed by atoms with Crippen molar-refractivity contribution in [3.63, 3.8) is 0 Å². The van der Waals surface area contributed by atoms with Crippen molar-refractivity contribution < 1.29 is 17.6 Å². The Labute approximate surface area is 252 Å². The summed E-state index contributed by atoms with van der Waals surface area (Å²) in [7, 11) is -3.78. The van der Waals surface area contributed by atoms with Gasteiger partial charge in [0, 0.05) is 37.4 Å². The number of hydrogen-bond acceptors (Lipinski definition) is 8. The van der Waals surface area contributed by atoms with E-state index >= 15 is 0 Å². The second kappa shape index (κ2) is 10.8. The van der Waals surface area contributed by atoms with E-state index in [9.17, 15) is 22.4 Å². The molecule has 3 aromatic heterocycles. The quantitative estimate of drug-likeness (QED) is 0.295. The number of halogens is 2. The van der Waals surface area contributed by atoms with Crippen molar-refractivity contribution in [3.8, 4) is 16.9 Å². The van der Waals surface area contributed by atoms with Crippen molar-refractivity contribution in [1.82, 2.24) is 24.4 Å². The Morgan fingerprint density at radius 1 is 1.16 bits per heavy atom. The molecule has 1 aliphatic carbocycles. The zero-order chi connectivity index (χ0) is 30.6. The van der Waals surface area contributed by atoms with Gasteiger partial charge in [0.2, 0.25) is 5.91 Å². The normalized spacial score (nSPS) is 17.3. The molecule has 4 aromatic rings. The second-order valence-corrected chi connectivity index (χ2v) is 13.3. The van der Waals surface area contributed by atoms with Crippen molar-refractivity contribution >= 4 is 44.2 Å². The monoisotopic (exact) mass is 622 g/mol. The number of fused-ring (bicyclic) bond motifs is 1. The van der Waals surface area contributed by atoms with Crippen LogP contribution in [0.4, 0.5) is 10.2 Å². The lowest BCUT2D eigenvalue weighted by Crippen LogP contribution is -2.54. The third-order valence-corrected chi connectivity index (χ3v) is 10.5. The number of amides is 1. The van der Waals surface area contributed by atoms with Crippen molar-refractivity contribution in [2.45, 2.75) is 42.9 Å². The van der Waals surface area contributed by atoms with Gasteiger partial charge in [0.05, 0.1) is 37.6 Å². The number of rotatable bonds is 6. The van der Waals surface area contributed by atoms with Crippen LogP contribution in [0.1, 0.15) is 25.5 Å². The number of benzene rings is 1. The van der Waals surface area contributed by atoms with Gasteiger partial charge in [0.15, 0.2) is 15.5 Å². The molecule has 4 heterocycles. The fraction of sp³-hybridized carbons (Fsp3) is 0.300. The molecule has 2 aliphatic rings. The molecule has 1 saturated heterocycles. The number of aromatic nitrogens is 4. The molecule has 1 atom stereocenters. The second-order valence-electron chi connectivity index (χ2n) is 10.7. The van der Waals surface area contributed by atoms with Crippen molar-refractivity contribution in [2.75, 3.05) is 24.5 Å². The van der Waals surface area contributed by atoms with Gasteiger partial charge in [0.1, 0.15) is 11.6 Å². The highest BCUT2D eigenvalue weighted by Crippen LogP contribution is 2.39. The number of nitrogens with zero attached hydrogens (tertiary/aromatic N) is 6. The molecule has 1 aromatic carbocycles. The predicted molar refractivity (Wildman–Crippen MR) is 162 cm³/mol. The highest BCUT2D eigenvalue weighted by molar-refractivity contribution is 7.92. The average molecular weight is 623 g/mol. The number of aryl methyl sites for hydroxylation is 1. The third-order valence-electron chi connectivity index (χ3n) is 7.88. The minimum atomic E-state index is -3.78. The standard InChI is InChI=1S/C30H28ClFN6O4S/c1-4-25(39)36-13-14-37(17(2)16-36)28-21-15-22(31)26(20-7-5-6-8-23(20)32)34-29(21)38(30(40)35-28)27-18(3)33-12-11-24(27)43(41,42)19-9-10-19/h4-8,11-12,15,17,19H,1,9-10,13-14,16H2,2-3H3/t17-/m0/s1. The molecule has 0 bridgehead atoms. The van der Waals surface area contributed by atoms with E-state index in [0.717, 1.165) is 4.57 Å². The summed E-state index contributed by atoms with van der Waals surface area (Å²) in [5.74, 6) is -0.488. The third kappa shape index (κ3) is 4.98. The van der Waals surface area contributed by atoms with E-state index in [2.05, 4.69) is 16.5 Å². The predicted octanol–water partition coefficient (Wildman–Crippen LogP) is 4.10. The van der Waals surface area contributed by atoms with Crippen LogP contribution in [-0.4, -0.2) is 69.7 Å². The minimum Gasteiger partial charge on any atom is -0.350 e. The Morgan fingerprint density at radius 2 is 1.91 bits per heavy atom. The zero-order valence-corrected chi connectivity index (χ0v) is 25.1. The Kier molecular flexibility index (Phi) is 7.29. The molecule has 10 nitrogen and oxygen atoms in total. The van der Waals surface area contributed by atoms with Gasteiger partial charge in [-0.1, -0.05) is 30.3 Å². The van der Waals surface area contributed by atoms with E-state index in [1.54, 1.807) is 24.0 Å². The lowest BCUT2D eigenvalue weighted by molar-refractivity contribution is -0.126. The van der Waals surface area contributed by atoms with E-state index in [1.807, 2.05) is 11.8 Å². The maximum absolute atomic E-state index is 15.0. The first-order valence-electron chi connectivity index (χ1n) is 13.8. The molecule has 0 radical (unpaired) electrons. The van der Waals surface area contributed by atoms with Crippen LogP contribution in [-0.2, 0) is 14.6 Å². The molecule has 13 heteroatoms. The van der Waals surface area contributed by atoms with Crippen LogP contribution in [0.15, 0.2) is 64.9 Å². The summed E-state index contributed by atoms with van der Waals surface area (Å²) in [5.41, 5.74) is -0.193. The number of sulfone groups is 1. The van der Waals surface area contributed by atoms with E-state index in [4.69, 9.17) is 16.6 Å². The summed E-state index contributed by atoms with van der Waals surface area (Å²) in [4.78, 5) is 43.3. The van der Waals surface area contributed by atoms with Gasteiger partial charge in [-0.3, -0.25) is 9.78 Å². The summed E-state index contributed by atoms with van der Waals surface area (Å²) in [5, 5.41) is -0.0696. The smallest absolute Gasteiger partial charge is 0.350 e. The molecule has 222 valence electrons. The van der Waals surface area contributed by atoms with Crippen molar-refractivity contribution in [3.05, 3.63) is 82.3 Å². The lowest BCUT2D eigenvalue weighted by atomic mass is 10.1. The number of hydrogen-bond donors (Lipinski definition) is 0. The van der Waals surface area contributed by atoms with Crippen LogP contribution >= 0.6 is 11.6 Å². The first-order valence-corrected chi connectivity index (χ1v) is 15.7. The van der Waals surface area contributed by atoms with Crippen molar-refractivity contribution in [2.24, 2.45) is 0 Å². The molecule has 1 amide bonds. The first-order chi connectivity index (χ1) is 20.5. The summed E-state index contributed by atoms with van der Waals surface area (Å²) < 4.78 is 43.2. The van der Waals surface area contributed by atoms with Gasteiger partial charge in [-0.15, -0.1) is 0 Å². The fourth-order valence-corrected chi connectivity index (χ4v) is 7.69. The Balaban J connectivity index is 1.65. The number of piperazine rings is 1. The highest BCUT2D eigenvalue weighted by atomic mass is 35.5. The van der Waals surface area contributed by atoms with Gasteiger partial charge in [-0.05, 0) is 57.0 Å².